The summed E-state index contributed by atoms with van der Waals surface area (Å²) >= 11 is 1.23. The molecule has 1 fully saturated rings. The predicted octanol–water partition coefficient (Wildman–Crippen LogP) is 4.24. The number of hydrogen-bond acceptors (Lipinski definition) is 6. The van der Waals surface area contributed by atoms with Gasteiger partial charge in [-0.1, -0.05) is 18.2 Å². The molecule has 4 aromatic rings. The number of piperidine rings is 1. The van der Waals surface area contributed by atoms with Crippen molar-refractivity contribution in [3.05, 3.63) is 72.4 Å². The van der Waals surface area contributed by atoms with E-state index in [9.17, 15) is 13.2 Å². The van der Waals surface area contributed by atoms with Crippen LogP contribution in [0.25, 0.3) is 10.9 Å². The van der Waals surface area contributed by atoms with Crippen molar-refractivity contribution < 1.29 is 13.2 Å². The molecule has 0 radical (unpaired) electrons. The number of nitrogens with zero attached hydrogens (tertiary/aromatic N) is 3. The van der Waals surface area contributed by atoms with Gasteiger partial charge in [-0.15, -0.1) is 11.3 Å². The predicted molar refractivity (Wildman–Crippen MR) is 139 cm³/mol. The highest BCUT2D eigenvalue weighted by Crippen LogP contribution is 2.25. The summed E-state index contributed by atoms with van der Waals surface area (Å²) in [4.78, 5) is 19.3. The van der Waals surface area contributed by atoms with Gasteiger partial charge in [0.2, 0.25) is 5.91 Å². The van der Waals surface area contributed by atoms with Crippen LogP contribution >= 0.6 is 11.3 Å². The minimum Gasteiger partial charge on any atom is -0.371 e. The molecule has 1 aliphatic rings. The molecule has 0 unspecified atom stereocenters. The average molecular weight is 510 g/mol. The van der Waals surface area contributed by atoms with Crippen LogP contribution in [-0.2, 0) is 14.8 Å². The fourth-order valence-electron chi connectivity index (χ4n) is 4.46. The molecule has 2 aromatic carbocycles. The maximum absolute atomic E-state index is 12.9. The van der Waals surface area contributed by atoms with Gasteiger partial charge >= 0.3 is 0 Å². The van der Waals surface area contributed by atoms with Gasteiger partial charge in [-0.2, -0.15) is 0 Å². The highest BCUT2D eigenvalue weighted by molar-refractivity contribution is 7.93. The van der Waals surface area contributed by atoms with Crippen LogP contribution in [0.15, 0.2) is 77.3 Å². The van der Waals surface area contributed by atoms with Gasteiger partial charge in [-0.3, -0.25) is 9.52 Å². The number of nitrogens with one attached hydrogen (secondary N) is 2. The molecule has 0 bridgehead atoms. The number of benzene rings is 2. The Kier molecular flexibility index (Phi) is 6.48. The standard InChI is InChI=1S/C25H27N5O3S2/c1-18(30-16-10-19-4-2-3-5-23(19)30)24(31)27-20-11-14-29(15-12-20)21-6-8-22(9-7-21)35(32,33)28-25-26-13-17-34-25/h2-10,13,16-18,20H,11-12,14-15H2,1H3,(H,26,28)(H,27,31)/t18-/m1/s1. The number of anilines is 2. The van der Waals surface area contributed by atoms with Crippen molar-refractivity contribution in [2.45, 2.75) is 36.7 Å². The van der Waals surface area contributed by atoms with E-state index in [2.05, 4.69) is 19.9 Å². The normalized spacial score (nSPS) is 15.7. The molecule has 1 atom stereocenters. The zero-order valence-electron chi connectivity index (χ0n) is 19.3. The van der Waals surface area contributed by atoms with E-state index in [1.807, 2.05) is 60.2 Å². The number of thiazole rings is 1. The molecule has 5 rings (SSSR count). The lowest BCUT2D eigenvalue weighted by Crippen LogP contribution is -2.46. The van der Waals surface area contributed by atoms with E-state index < -0.39 is 10.0 Å². The first kappa shape index (κ1) is 23.4. The molecule has 0 spiro atoms. The Morgan fingerprint density at radius 2 is 1.83 bits per heavy atom. The van der Waals surface area contributed by atoms with E-state index in [4.69, 9.17) is 0 Å². The Bertz CT molecular complexity index is 1410. The summed E-state index contributed by atoms with van der Waals surface area (Å²) in [5.41, 5.74) is 2.02. The van der Waals surface area contributed by atoms with E-state index in [1.54, 1.807) is 23.7 Å². The highest BCUT2D eigenvalue weighted by atomic mass is 32.2. The van der Waals surface area contributed by atoms with Gasteiger partial charge in [0.25, 0.3) is 10.0 Å². The third-order valence-corrected chi connectivity index (χ3v) is 8.61. The molecule has 3 heterocycles. The zero-order valence-corrected chi connectivity index (χ0v) is 20.9. The molecule has 1 saturated heterocycles. The summed E-state index contributed by atoms with van der Waals surface area (Å²) in [5, 5.41) is 6.40. The van der Waals surface area contributed by atoms with Crippen LogP contribution in [0, 0.1) is 0 Å². The van der Waals surface area contributed by atoms with Crippen LogP contribution in [0.1, 0.15) is 25.8 Å². The van der Waals surface area contributed by atoms with Crippen LogP contribution in [0.2, 0.25) is 0 Å². The topological polar surface area (TPSA) is 96.3 Å². The maximum Gasteiger partial charge on any atom is 0.263 e. The van der Waals surface area contributed by atoms with Crippen molar-refractivity contribution >= 4 is 49.0 Å². The minimum atomic E-state index is -3.66. The van der Waals surface area contributed by atoms with Crippen LogP contribution in [0.4, 0.5) is 10.8 Å². The fraction of sp³-hybridized carbons (Fsp3) is 0.280. The Morgan fingerprint density at radius 3 is 2.54 bits per heavy atom. The lowest BCUT2D eigenvalue weighted by molar-refractivity contribution is -0.124. The van der Waals surface area contributed by atoms with Gasteiger partial charge in [0, 0.05) is 48.1 Å². The van der Waals surface area contributed by atoms with Crippen LogP contribution in [0.3, 0.4) is 0 Å². The number of sulfonamides is 1. The summed E-state index contributed by atoms with van der Waals surface area (Å²) < 4.78 is 29.6. The fourth-order valence-corrected chi connectivity index (χ4v) is 6.24. The van der Waals surface area contributed by atoms with E-state index >= 15 is 0 Å². The minimum absolute atomic E-state index is 0.0205. The molecule has 10 heteroatoms. The molecule has 1 aliphatic heterocycles. The average Bonchev–Trinajstić information content (AvgIpc) is 3.54. The lowest BCUT2D eigenvalue weighted by Gasteiger charge is -2.34. The molecular weight excluding hydrogens is 482 g/mol. The van der Waals surface area contributed by atoms with Gasteiger partial charge in [0.05, 0.1) is 4.90 Å². The first-order valence-corrected chi connectivity index (χ1v) is 13.9. The van der Waals surface area contributed by atoms with Gasteiger partial charge < -0.3 is 14.8 Å². The SMILES string of the molecule is C[C@H](C(=O)NC1CCN(c2ccc(S(=O)(=O)Nc3nccs3)cc2)CC1)n1ccc2ccccc21. The number of rotatable bonds is 7. The van der Waals surface area contributed by atoms with Crippen molar-refractivity contribution in [1.82, 2.24) is 14.9 Å². The Labute approximate surface area is 208 Å². The number of amides is 1. The van der Waals surface area contributed by atoms with Crippen LogP contribution in [0.5, 0.6) is 0 Å². The second-order valence-corrected chi connectivity index (χ2v) is 11.2. The molecule has 0 saturated carbocycles. The lowest BCUT2D eigenvalue weighted by atomic mass is 10.0. The van der Waals surface area contributed by atoms with Crippen molar-refractivity contribution in [2.75, 3.05) is 22.7 Å². The van der Waals surface area contributed by atoms with E-state index in [0.717, 1.165) is 42.5 Å². The third-order valence-electron chi connectivity index (χ3n) is 6.43. The monoisotopic (exact) mass is 509 g/mol. The molecule has 2 N–H and O–H groups in total. The zero-order chi connectivity index (χ0) is 24.4. The summed E-state index contributed by atoms with van der Waals surface area (Å²) in [6.45, 7) is 3.50. The molecular formula is C25H27N5O3S2. The second kappa shape index (κ2) is 9.71. The summed E-state index contributed by atoms with van der Waals surface area (Å²) in [6, 6.07) is 16.8. The Hall–Kier alpha value is -3.37. The summed E-state index contributed by atoms with van der Waals surface area (Å²) in [7, 11) is -3.66. The third kappa shape index (κ3) is 5.03. The number of carbonyl (C=O) groups is 1. The highest BCUT2D eigenvalue weighted by Gasteiger charge is 2.24. The van der Waals surface area contributed by atoms with Crippen LogP contribution < -0.4 is 14.9 Å². The van der Waals surface area contributed by atoms with Crippen molar-refractivity contribution in [3.63, 3.8) is 0 Å². The summed E-state index contributed by atoms with van der Waals surface area (Å²) in [5.74, 6) is 0.0205. The Balaban J connectivity index is 1.16. The molecule has 2 aromatic heterocycles. The summed E-state index contributed by atoms with van der Waals surface area (Å²) in [6.07, 6.45) is 5.18. The van der Waals surface area contributed by atoms with Crippen molar-refractivity contribution in [1.29, 1.82) is 0 Å². The quantitative estimate of drug-likeness (QED) is 0.388. The second-order valence-electron chi connectivity index (χ2n) is 8.66. The molecule has 0 aliphatic carbocycles. The first-order chi connectivity index (χ1) is 16.9. The molecule has 182 valence electrons. The van der Waals surface area contributed by atoms with Crippen LogP contribution in [-0.4, -0.2) is 43.0 Å². The maximum atomic E-state index is 12.9. The molecule has 35 heavy (non-hydrogen) atoms. The first-order valence-electron chi connectivity index (χ1n) is 11.5. The van der Waals surface area contributed by atoms with Crippen molar-refractivity contribution in [3.8, 4) is 0 Å². The smallest absolute Gasteiger partial charge is 0.263 e. The largest absolute Gasteiger partial charge is 0.371 e. The van der Waals surface area contributed by atoms with Gasteiger partial charge in [0.15, 0.2) is 5.13 Å². The molecule has 8 nitrogen and oxygen atoms in total. The van der Waals surface area contributed by atoms with Gasteiger partial charge in [0.1, 0.15) is 6.04 Å². The molecule has 1 amide bonds. The number of para-hydroxylation sites is 1. The van der Waals surface area contributed by atoms with Gasteiger partial charge in [-0.25, -0.2) is 13.4 Å². The number of hydrogen-bond donors (Lipinski definition) is 2. The number of carbonyl (C=O) groups excluding carboxylic acids is 1. The van der Waals surface area contributed by atoms with E-state index in [-0.39, 0.29) is 22.9 Å². The number of fused-ring (bicyclic) bond motifs is 1. The van der Waals surface area contributed by atoms with Gasteiger partial charge in [-0.05, 0) is 61.5 Å². The van der Waals surface area contributed by atoms with E-state index in [1.165, 1.54) is 11.3 Å². The van der Waals surface area contributed by atoms with Crippen molar-refractivity contribution in [2.24, 2.45) is 0 Å². The number of aromatic nitrogens is 2. The van der Waals surface area contributed by atoms with E-state index in [0.29, 0.717) is 5.13 Å². The Morgan fingerprint density at radius 1 is 1.09 bits per heavy atom.